The van der Waals surface area contributed by atoms with Crippen LogP contribution >= 0.6 is 0 Å². The van der Waals surface area contributed by atoms with Crippen LogP contribution in [-0.2, 0) is 16.1 Å². The number of nitrogens with zero attached hydrogens (tertiary/aromatic N) is 1. The van der Waals surface area contributed by atoms with Crippen LogP contribution in [0.4, 0.5) is 0 Å². The number of hydrogen-bond acceptors (Lipinski definition) is 6. The molecule has 0 heterocycles. The first-order valence-corrected chi connectivity index (χ1v) is 13.2. The van der Waals surface area contributed by atoms with E-state index in [1.54, 1.807) is 20.1 Å². The number of methoxy groups -OCH3 is 1. The molecular weight excluding hydrogens is 458 g/mol. The third kappa shape index (κ3) is 5.62. The lowest BCUT2D eigenvalue weighted by Gasteiger charge is -2.41. The van der Waals surface area contributed by atoms with Gasteiger partial charge in [-0.25, -0.2) is 0 Å². The van der Waals surface area contributed by atoms with E-state index in [0.29, 0.717) is 49.3 Å². The van der Waals surface area contributed by atoms with Crippen molar-refractivity contribution in [3.05, 3.63) is 23.3 Å². The highest BCUT2D eigenvalue weighted by atomic mass is 16.5. The predicted molar refractivity (Wildman–Crippen MR) is 135 cm³/mol. The third-order valence-corrected chi connectivity index (χ3v) is 8.77. The molecule has 0 saturated heterocycles. The predicted octanol–water partition coefficient (Wildman–Crippen LogP) is 4.15. The second-order valence-electron chi connectivity index (χ2n) is 11.5. The summed E-state index contributed by atoms with van der Waals surface area (Å²) in [6.07, 6.45) is 7.67. The van der Waals surface area contributed by atoms with E-state index in [2.05, 4.69) is 23.6 Å². The van der Waals surface area contributed by atoms with E-state index in [0.717, 1.165) is 24.9 Å². The second kappa shape index (κ2) is 10.7. The highest BCUT2D eigenvalue weighted by molar-refractivity contribution is 5.80. The highest BCUT2D eigenvalue weighted by Gasteiger charge is 2.39. The zero-order valence-electron chi connectivity index (χ0n) is 21.7. The molecule has 1 aromatic rings. The number of ether oxygens (including phenoxy) is 2. The molecule has 0 spiro atoms. The van der Waals surface area contributed by atoms with Gasteiger partial charge in [-0.2, -0.15) is 5.26 Å². The first-order chi connectivity index (χ1) is 17.2. The normalized spacial score (nSPS) is 28.7. The van der Waals surface area contributed by atoms with Crippen molar-refractivity contribution in [3.63, 3.8) is 0 Å². The quantitative estimate of drug-likeness (QED) is 0.444. The fourth-order valence-electron chi connectivity index (χ4n) is 5.54. The van der Waals surface area contributed by atoms with Gasteiger partial charge in [-0.05, 0) is 69.8 Å². The molecular formula is C28H39N3O5. The van der Waals surface area contributed by atoms with E-state index in [4.69, 9.17) is 9.47 Å². The molecule has 8 heteroatoms. The van der Waals surface area contributed by atoms with Gasteiger partial charge in [-0.15, -0.1) is 0 Å². The van der Waals surface area contributed by atoms with E-state index >= 15 is 0 Å². The number of carboxylic acid groups (broad SMARTS) is 1. The lowest BCUT2D eigenvalue weighted by molar-refractivity contribution is -0.150. The van der Waals surface area contributed by atoms with Crippen LogP contribution in [-0.4, -0.2) is 42.8 Å². The van der Waals surface area contributed by atoms with Gasteiger partial charge in [0, 0.05) is 30.8 Å². The highest BCUT2D eigenvalue weighted by Crippen LogP contribution is 2.40. The average Bonchev–Trinajstić information content (AvgIpc) is 2.82. The van der Waals surface area contributed by atoms with Crippen molar-refractivity contribution >= 4 is 11.9 Å². The van der Waals surface area contributed by atoms with E-state index in [-0.39, 0.29) is 29.4 Å². The maximum Gasteiger partial charge on any atom is 0.309 e. The summed E-state index contributed by atoms with van der Waals surface area (Å²) in [4.78, 5) is 24.3. The molecule has 196 valence electrons. The molecule has 3 N–H and O–H groups in total. The van der Waals surface area contributed by atoms with Crippen molar-refractivity contribution < 1.29 is 24.2 Å². The van der Waals surface area contributed by atoms with Crippen molar-refractivity contribution in [1.29, 1.82) is 5.26 Å². The molecule has 3 saturated carbocycles. The second-order valence-corrected chi connectivity index (χ2v) is 11.5. The number of benzene rings is 1. The molecule has 3 aliphatic rings. The van der Waals surface area contributed by atoms with Gasteiger partial charge in [-0.1, -0.05) is 13.3 Å². The van der Waals surface area contributed by atoms with Crippen LogP contribution in [0.3, 0.4) is 0 Å². The Balaban J connectivity index is 1.37. The van der Waals surface area contributed by atoms with Crippen LogP contribution in [0.5, 0.6) is 11.5 Å². The summed E-state index contributed by atoms with van der Waals surface area (Å²) in [7, 11) is 1.58. The molecule has 36 heavy (non-hydrogen) atoms. The molecule has 0 aliphatic heterocycles. The molecule has 0 unspecified atom stereocenters. The van der Waals surface area contributed by atoms with Crippen molar-refractivity contribution in [3.8, 4) is 17.6 Å². The average molecular weight is 498 g/mol. The maximum absolute atomic E-state index is 12.7. The van der Waals surface area contributed by atoms with Gasteiger partial charge in [0.05, 0.1) is 30.1 Å². The summed E-state index contributed by atoms with van der Waals surface area (Å²) in [5, 5.41) is 25.8. The summed E-state index contributed by atoms with van der Waals surface area (Å²) < 4.78 is 11.8. The number of carbonyl (C=O) groups excluding carboxylic acids is 1. The van der Waals surface area contributed by atoms with Gasteiger partial charge in [0.25, 0.3) is 0 Å². The van der Waals surface area contributed by atoms with Crippen LogP contribution in [0, 0.1) is 28.1 Å². The number of carbonyl (C=O) groups is 2. The minimum Gasteiger partial charge on any atom is -0.496 e. The summed E-state index contributed by atoms with van der Waals surface area (Å²) in [5.74, 6) is 0.437. The molecule has 1 aromatic carbocycles. The number of aliphatic carboxylic acids is 1. The third-order valence-electron chi connectivity index (χ3n) is 8.77. The largest absolute Gasteiger partial charge is 0.496 e. The van der Waals surface area contributed by atoms with Crippen LogP contribution in [0.25, 0.3) is 0 Å². The van der Waals surface area contributed by atoms with Gasteiger partial charge in [0.1, 0.15) is 17.6 Å². The Labute approximate surface area is 213 Å². The maximum atomic E-state index is 12.7. The fraction of sp³-hybridized carbons (Fsp3) is 0.679. The molecule has 0 aromatic heterocycles. The van der Waals surface area contributed by atoms with Crippen molar-refractivity contribution in [2.24, 2.45) is 16.7 Å². The van der Waals surface area contributed by atoms with Crippen LogP contribution in [0.2, 0.25) is 0 Å². The lowest BCUT2D eigenvalue weighted by Crippen LogP contribution is -2.52. The Morgan fingerprint density at radius 1 is 1.11 bits per heavy atom. The molecule has 1 amide bonds. The van der Waals surface area contributed by atoms with E-state index in [9.17, 15) is 20.0 Å². The minimum atomic E-state index is -0.767. The van der Waals surface area contributed by atoms with E-state index in [1.165, 1.54) is 19.3 Å². The minimum absolute atomic E-state index is 0.0282. The Bertz CT molecular complexity index is 1020. The standard InChI is InChI=1S/C28H39N3O5/c1-27(9-4-10-27)17-31-25(32)21-5-6-22(21)30-16-19-14-24(18(15-29)13-23(19)35-3)36-20-7-11-28(2,12-8-20)26(33)34/h13-14,20-22,30H,4-12,16-17H2,1-3H3,(H,31,32)(H,33,34)/t20?,21-,22+,28?/m0/s1. The van der Waals surface area contributed by atoms with Crippen molar-refractivity contribution in [2.45, 2.75) is 90.3 Å². The zero-order valence-corrected chi connectivity index (χ0v) is 21.7. The number of carboxylic acids is 1. The molecule has 2 atom stereocenters. The Morgan fingerprint density at radius 2 is 1.83 bits per heavy atom. The molecule has 3 fully saturated rings. The number of rotatable bonds is 10. The first-order valence-electron chi connectivity index (χ1n) is 13.2. The smallest absolute Gasteiger partial charge is 0.309 e. The Morgan fingerprint density at radius 3 is 2.36 bits per heavy atom. The molecule has 8 nitrogen and oxygen atoms in total. The van der Waals surface area contributed by atoms with Gasteiger partial charge < -0.3 is 25.2 Å². The van der Waals surface area contributed by atoms with Crippen LogP contribution in [0.1, 0.15) is 82.8 Å². The van der Waals surface area contributed by atoms with Crippen LogP contribution < -0.4 is 20.1 Å². The first kappa shape index (κ1) is 26.3. The topological polar surface area (TPSA) is 121 Å². The van der Waals surface area contributed by atoms with Crippen molar-refractivity contribution in [1.82, 2.24) is 10.6 Å². The molecule has 3 aliphatic carbocycles. The number of amides is 1. The SMILES string of the molecule is COc1cc(C#N)c(OC2CCC(C)(C(=O)O)CC2)cc1CN[C@@H]1CC[C@@H]1C(=O)NCC1(C)CCC1. The van der Waals surface area contributed by atoms with Gasteiger partial charge in [0.2, 0.25) is 5.91 Å². The van der Waals surface area contributed by atoms with Crippen LogP contribution in [0.15, 0.2) is 12.1 Å². The number of hydrogen-bond donors (Lipinski definition) is 3. The summed E-state index contributed by atoms with van der Waals surface area (Å²) >= 11 is 0. The number of nitriles is 1. The van der Waals surface area contributed by atoms with Crippen molar-refractivity contribution in [2.75, 3.05) is 13.7 Å². The molecule has 4 rings (SSSR count). The number of nitrogens with one attached hydrogen (secondary N) is 2. The van der Waals surface area contributed by atoms with E-state index < -0.39 is 11.4 Å². The summed E-state index contributed by atoms with van der Waals surface area (Å²) in [5.41, 5.74) is 0.811. The Kier molecular flexibility index (Phi) is 7.79. The fourth-order valence-corrected chi connectivity index (χ4v) is 5.54. The monoisotopic (exact) mass is 497 g/mol. The Hall–Kier alpha value is -2.79. The molecule has 0 radical (unpaired) electrons. The van der Waals surface area contributed by atoms with E-state index in [1.807, 2.05) is 6.07 Å². The van der Waals surface area contributed by atoms with Gasteiger partial charge in [0.15, 0.2) is 0 Å². The zero-order chi connectivity index (χ0) is 25.9. The summed E-state index contributed by atoms with van der Waals surface area (Å²) in [6, 6.07) is 5.84. The van der Waals surface area contributed by atoms with Gasteiger partial charge >= 0.3 is 5.97 Å². The molecule has 0 bridgehead atoms. The summed E-state index contributed by atoms with van der Waals surface area (Å²) in [6.45, 7) is 5.28. The van der Waals surface area contributed by atoms with Gasteiger partial charge in [-0.3, -0.25) is 9.59 Å². The lowest BCUT2D eigenvalue weighted by atomic mass is 9.70.